The molecule has 1 unspecified atom stereocenters. The molecule has 4 rings (SSSR count). The van der Waals surface area contributed by atoms with Gasteiger partial charge < -0.3 is 14.3 Å². The summed E-state index contributed by atoms with van der Waals surface area (Å²) < 4.78 is 32.4. The van der Waals surface area contributed by atoms with E-state index in [1.807, 2.05) is 43.3 Å². The van der Waals surface area contributed by atoms with Gasteiger partial charge in [-0.15, -0.1) is 0 Å². The molecule has 1 fully saturated rings. The van der Waals surface area contributed by atoms with Crippen LogP contribution in [0.1, 0.15) is 23.7 Å². The van der Waals surface area contributed by atoms with E-state index in [0.717, 1.165) is 17.3 Å². The molecule has 1 atom stereocenters. The Labute approximate surface area is 166 Å². The summed E-state index contributed by atoms with van der Waals surface area (Å²) in [7, 11) is 3.89. The first-order valence-corrected chi connectivity index (χ1v) is 9.24. The molecule has 1 aromatic heterocycles. The van der Waals surface area contributed by atoms with Gasteiger partial charge in [-0.1, -0.05) is 17.3 Å². The number of aromatic nitrogens is 2. The first-order valence-electron chi connectivity index (χ1n) is 9.24. The summed E-state index contributed by atoms with van der Waals surface area (Å²) in [6.45, 7) is 0.434. The molecular weight excluding hydrogens is 378 g/mol. The second kappa shape index (κ2) is 7.62. The molecule has 3 aromatic rings. The molecular formula is C21H20F2N4O2. The highest BCUT2D eigenvalue weighted by atomic mass is 19.1. The molecule has 2 heterocycles. The van der Waals surface area contributed by atoms with Crippen LogP contribution in [0.15, 0.2) is 47.0 Å². The van der Waals surface area contributed by atoms with E-state index >= 15 is 0 Å². The normalized spacial score (nSPS) is 16.5. The zero-order valence-corrected chi connectivity index (χ0v) is 16.1. The van der Waals surface area contributed by atoms with Gasteiger partial charge in [-0.25, -0.2) is 8.78 Å². The van der Waals surface area contributed by atoms with Crippen molar-refractivity contribution in [3.05, 3.63) is 65.5 Å². The van der Waals surface area contributed by atoms with Gasteiger partial charge in [0.2, 0.25) is 5.91 Å². The van der Waals surface area contributed by atoms with Crippen LogP contribution in [-0.2, 0) is 11.3 Å². The summed E-state index contributed by atoms with van der Waals surface area (Å²) in [5.41, 5.74) is 2.07. The molecule has 29 heavy (non-hydrogen) atoms. The maximum Gasteiger partial charge on any atom is 0.258 e. The molecule has 1 aliphatic rings. The number of likely N-dealkylation sites (tertiary alicyclic amines) is 1. The van der Waals surface area contributed by atoms with Gasteiger partial charge in [0.05, 0.1) is 0 Å². The summed E-state index contributed by atoms with van der Waals surface area (Å²) in [6, 6.07) is 11.1. The van der Waals surface area contributed by atoms with Gasteiger partial charge in [0, 0.05) is 62.4 Å². The quantitative estimate of drug-likeness (QED) is 0.657. The SMILES string of the molecule is CN(C)c1cccc(-c2nc(C3CC(=O)N(Cc4ccc(F)cc4F)C3)no2)c1. The van der Waals surface area contributed by atoms with E-state index in [1.165, 1.54) is 17.0 Å². The summed E-state index contributed by atoms with van der Waals surface area (Å²) >= 11 is 0. The second-order valence-electron chi connectivity index (χ2n) is 7.31. The third-order valence-electron chi connectivity index (χ3n) is 5.01. The third-order valence-corrected chi connectivity index (χ3v) is 5.01. The molecule has 0 bridgehead atoms. The van der Waals surface area contributed by atoms with E-state index in [0.29, 0.717) is 18.3 Å². The lowest BCUT2D eigenvalue weighted by Gasteiger charge is -2.16. The van der Waals surface area contributed by atoms with Gasteiger partial charge in [-0.3, -0.25) is 4.79 Å². The van der Waals surface area contributed by atoms with Crippen molar-refractivity contribution < 1.29 is 18.1 Å². The summed E-state index contributed by atoms with van der Waals surface area (Å²) in [6.07, 6.45) is 0.222. The van der Waals surface area contributed by atoms with Crippen LogP contribution in [0.2, 0.25) is 0 Å². The molecule has 1 aliphatic heterocycles. The fourth-order valence-electron chi connectivity index (χ4n) is 3.39. The Morgan fingerprint density at radius 3 is 2.79 bits per heavy atom. The number of hydrogen-bond acceptors (Lipinski definition) is 5. The molecule has 6 nitrogen and oxygen atoms in total. The molecule has 8 heteroatoms. The summed E-state index contributed by atoms with van der Waals surface area (Å²) in [5, 5.41) is 4.05. The smallest absolute Gasteiger partial charge is 0.258 e. The van der Waals surface area contributed by atoms with Crippen LogP contribution < -0.4 is 4.90 Å². The van der Waals surface area contributed by atoms with Gasteiger partial charge in [-0.05, 0) is 24.3 Å². The molecule has 1 saturated heterocycles. The number of rotatable bonds is 5. The number of carbonyl (C=O) groups excluding carboxylic acids is 1. The Morgan fingerprint density at radius 1 is 1.21 bits per heavy atom. The molecule has 2 aromatic carbocycles. The molecule has 0 spiro atoms. The largest absolute Gasteiger partial charge is 0.378 e. The van der Waals surface area contributed by atoms with Crippen LogP contribution in [0.4, 0.5) is 14.5 Å². The number of carbonyl (C=O) groups is 1. The predicted molar refractivity (Wildman–Crippen MR) is 103 cm³/mol. The lowest BCUT2D eigenvalue weighted by atomic mass is 10.1. The fourth-order valence-corrected chi connectivity index (χ4v) is 3.39. The highest BCUT2D eigenvalue weighted by Crippen LogP contribution is 2.30. The van der Waals surface area contributed by atoms with Crippen molar-refractivity contribution in [2.45, 2.75) is 18.9 Å². The predicted octanol–water partition coefficient (Wildman–Crippen LogP) is 3.60. The van der Waals surface area contributed by atoms with Crippen molar-refractivity contribution >= 4 is 11.6 Å². The lowest BCUT2D eigenvalue weighted by Crippen LogP contribution is -2.25. The number of halogens is 2. The maximum absolute atomic E-state index is 13.9. The van der Waals surface area contributed by atoms with E-state index < -0.39 is 11.6 Å². The molecule has 150 valence electrons. The van der Waals surface area contributed by atoms with Crippen LogP contribution in [0.3, 0.4) is 0 Å². The van der Waals surface area contributed by atoms with Crippen LogP contribution >= 0.6 is 0 Å². The van der Waals surface area contributed by atoms with Crippen molar-refractivity contribution in [2.75, 3.05) is 25.5 Å². The van der Waals surface area contributed by atoms with E-state index in [1.54, 1.807) is 0 Å². The first kappa shape index (κ1) is 19.0. The zero-order valence-electron chi connectivity index (χ0n) is 16.1. The Kier molecular flexibility index (Phi) is 5.00. The van der Waals surface area contributed by atoms with Crippen molar-refractivity contribution in [2.24, 2.45) is 0 Å². The molecule has 0 saturated carbocycles. The second-order valence-corrected chi connectivity index (χ2v) is 7.31. The molecule has 0 radical (unpaired) electrons. The van der Waals surface area contributed by atoms with Crippen LogP contribution in [0.25, 0.3) is 11.5 Å². The van der Waals surface area contributed by atoms with Gasteiger partial charge in [0.1, 0.15) is 11.6 Å². The molecule has 1 amide bonds. The maximum atomic E-state index is 13.9. The fraction of sp³-hybridized carbons (Fsp3) is 0.286. The minimum absolute atomic E-state index is 0.0804. The lowest BCUT2D eigenvalue weighted by molar-refractivity contribution is -0.128. The Balaban J connectivity index is 1.49. The van der Waals surface area contributed by atoms with E-state index in [2.05, 4.69) is 10.1 Å². The van der Waals surface area contributed by atoms with Gasteiger partial charge in [0.25, 0.3) is 5.89 Å². The third kappa shape index (κ3) is 3.96. The van der Waals surface area contributed by atoms with Crippen molar-refractivity contribution in [3.63, 3.8) is 0 Å². The highest BCUT2D eigenvalue weighted by Gasteiger charge is 2.34. The Hall–Kier alpha value is -3.29. The van der Waals surface area contributed by atoms with Crippen LogP contribution in [-0.4, -0.2) is 41.6 Å². The van der Waals surface area contributed by atoms with Crippen molar-refractivity contribution in [3.8, 4) is 11.5 Å². The average molecular weight is 398 g/mol. The van der Waals surface area contributed by atoms with Gasteiger partial charge in [0.15, 0.2) is 5.82 Å². The Morgan fingerprint density at radius 2 is 2.03 bits per heavy atom. The summed E-state index contributed by atoms with van der Waals surface area (Å²) in [5.74, 6) is -0.830. The van der Waals surface area contributed by atoms with Crippen LogP contribution in [0.5, 0.6) is 0 Å². The summed E-state index contributed by atoms with van der Waals surface area (Å²) in [4.78, 5) is 20.4. The number of amides is 1. The number of anilines is 1. The van der Waals surface area contributed by atoms with Crippen LogP contribution in [0, 0.1) is 11.6 Å². The van der Waals surface area contributed by atoms with Gasteiger partial charge in [-0.2, -0.15) is 4.98 Å². The van der Waals surface area contributed by atoms with Gasteiger partial charge >= 0.3 is 0 Å². The van der Waals surface area contributed by atoms with Crippen molar-refractivity contribution in [1.82, 2.24) is 15.0 Å². The molecule has 0 aliphatic carbocycles. The Bertz CT molecular complexity index is 1050. The van der Waals surface area contributed by atoms with E-state index in [-0.39, 0.29) is 30.4 Å². The van der Waals surface area contributed by atoms with E-state index in [4.69, 9.17) is 4.52 Å². The highest BCUT2D eigenvalue weighted by molar-refractivity contribution is 5.79. The monoisotopic (exact) mass is 398 g/mol. The van der Waals surface area contributed by atoms with Crippen molar-refractivity contribution in [1.29, 1.82) is 0 Å². The zero-order chi connectivity index (χ0) is 20.5. The number of hydrogen-bond donors (Lipinski definition) is 0. The number of benzene rings is 2. The topological polar surface area (TPSA) is 62.5 Å². The molecule has 0 N–H and O–H groups in total. The van der Waals surface area contributed by atoms with E-state index in [9.17, 15) is 13.6 Å². The first-order chi connectivity index (χ1) is 13.9. The number of nitrogens with zero attached hydrogens (tertiary/aromatic N) is 4. The average Bonchev–Trinajstić information content (AvgIpc) is 3.31. The minimum atomic E-state index is -0.663. The minimum Gasteiger partial charge on any atom is -0.378 e. The standard InChI is InChI=1S/C21H20F2N4O2/c1-26(2)17-5-3-4-13(8-17)21-24-20(25-29-21)15-9-19(28)27(12-15)11-14-6-7-16(22)10-18(14)23/h3-8,10,15H,9,11-12H2,1-2H3.